The summed E-state index contributed by atoms with van der Waals surface area (Å²) < 4.78 is 38.5. The minimum absolute atomic E-state index is 0.0120. The minimum Gasteiger partial charge on any atom is -0.389 e. The maximum absolute atomic E-state index is 12.8. The molecule has 1 aromatic rings. The average Bonchev–Trinajstić information content (AvgIpc) is 3.00. The third-order valence-electron chi connectivity index (χ3n) is 2.91. The molecule has 0 aliphatic heterocycles. The van der Waals surface area contributed by atoms with Gasteiger partial charge in [-0.3, -0.25) is 0 Å². The van der Waals surface area contributed by atoms with Crippen molar-refractivity contribution in [2.45, 2.75) is 24.6 Å². The molecule has 2 rings (SSSR count). The number of halogens is 4. The van der Waals surface area contributed by atoms with Crippen molar-refractivity contribution < 1.29 is 13.2 Å². The third kappa shape index (κ3) is 2.40. The number of hydrogen-bond acceptors (Lipinski definition) is 2. The first-order valence-electron chi connectivity index (χ1n) is 5.19. The van der Waals surface area contributed by atoms with Crippen molar-refractivity contribution in [1.82, 2.24) is 0 Å². The van der Waals surface area contributed by atoms with Crippen LogP contribution in [0.1, 0.15) is 18.4 Å². The van der Waals surface area contributed by atoms with Gasteiger partial charge in [0.15, 0.2) is 0 Å². The first-order chi connectivity index (χ1) is 8.25. The van der Waals surface area contributed by atoms with Crippen LogP contribution >= 0.6 is 23.8 Å². The number of anilines is 1. The normalized spacial score (nSPS) is 17.3. The van der Waals surface area contributed by atoms with Crippen LogP contribution < -0.4 is 11.1 Å². The van der Waals surface area contributed by atoms with Crippen molar-refractivity contribution in [3.05, 3.63) is 28.8 Å². The van der Waals surface area contributed by atoms with Crippen LogP contribution in [-0.4, -0.2) is 16.7 Å². The van der Waals surface area contributed by atoms with Crippen LogP contribution in [0.25, 0.3) is 0 Å². The molecular formula is C11H10ClF3N2S. The second-order valence-electron chi connectivity index (χ2n) is 4.26. The van der Waals surface area contributed by atoms with E-state index in [1.54, 1.807) is 0 Å². The van der Waals surface area contributed by atoms with Crippen LogP contribution in [0.4, 0.5) is 18.9 Å². The molecule has 0 heterocycles. The van der Waals surface area contributed by atoms with E-state index < -0.39 is 11.7 Å². The van der Waals surface area contributed by atoms with E-state index in [4.69, 9.17) is 29.6 Å². The van der Waals surface area contributed by atoms with Crippen molar-refractivity contribution >= 4 is 34.5 Å². The van der Waals surface area contributed by atoms with Gasteiger partial charge in [-0.15, -0.1) is 0 Å². The molecule has 98 valence electrons. The highest BCUT2D eigenvalue weighted by atomic mass is 35.5. The third-order valence-corrected chi connectivity index (χ3v) is 3.37. The monoisotopic (exact) mass is 294 g/mol. The van der Waals surface area contributed by atoms with E-state index in [0.29, 0.717) is 10.6 Å². The van der Waals surface area contributed by atoms with E-state index in [1.165, 1.54) is 18.2 Å². The highest BCUT2D eigenvalue weighted by Crippen LogP contribution is 2.51. The van der Waals surface area contributed by atoms with Gasteiger partial charge in [0.2, 0.25) is 0 Å². The Hall–Kier alpha value is -1.01. The van der Waals surface area contributed by atoms with Gasteiger partial charge in [-0.2, -0.15) is 13.2 Å². The quantitative estimate of drug-likeness (QED) is 0.838. The summed E-state index contributed by atoms with van der Waals surface area (Å²) >= 11 is 10.6. The Morgan fingerprint density at radius 2 is 2.00 bits per heavy atom. The Morgan fingerprint density at radius 1 is 1.39 bits per heavy atom. The summed E-state index contributed by atoms with van der Waals surface area (Å²) in [6, 6.07) is 4.42. The largest absolute Gasteiger partial charge is 0.411 e. The van der Waals surface area contributed by atoms with Gasteiger partial charge in [0, 0.05) is 16.3 Å². The lowest BCUT2D eigenvalue weighted by atomic mass is 10.1. The van der Waals surface area contributed by atoms with Crippen LogP contribution in [0, 0.1) is 0 Å². The molecule has 1 aromatic carbocycles. The molecule has 0 spiro atoms. The molecule has 0 saturated heterocycles. The molecular weight excluding hydrogens is 285 g/mol. The van der Waals surface area contributed by atoms with Crippen LogP contribution in [0.5, 0.6) is 0 Å². The fraction of sp³-hybridized carbons (Fsp3) is 0.364. The van der Waals surface area contributed by atoms with E-state index in [-0.39, 0.29) is 23.5 Å². The fourth-order valence-corrected chi connectivity index (χ4v) is 2.03. The first kappa shape index (κ1) is 13.4. The number of hydrogen-bond donors (Lipinski definition) is 2. The second-order valence-corrected chi connectivity index (χ2v) is 5.14. The van der Waals surface area contributed by atoms with Gasteiger partial charge < -0.3 is 11.1 Å². The lowest BCUT2D eigenvalue weighted by Gasteiger charge is -2.23. The zero-order chi connectivity index (χ0) is 13.6. The van der Waals surface area contributed by atoms with Crippen molar-refractivity contribution in [2.75, 3.05) is 5.32 Å². The molecule has 1 aliphatic rings. The molecule has 2 nitrogen and oxygen atoms in total. The van der Waals surface area contributed by atoms with Crippen LogP contribution in [0.3, 0.4) is 0 Å². The van der Waals surface area contributed by atoms with Crippen molar-refractivity contribution in [2.24, 2.45) is 5.73 Å². The molecule has 0 bridgehead atoms. The van der Waals surface area contributed by atoms with Crippen molar-refractivity contribution in [3.63, 3.8) is 0 Å². The standard InChI is InChI=1S/C11H10ClF3N2S/c12-6-1-2-8(7(5-6)9(16)18)17-10(3-4-10)11(13,14)15/h1-2,5,17H,3-4H2,(H2,16,18). The number of nitrogens with two attached hydrogens (primary N) is 1. The zero-order valence-electron chi connectivity index (χ0n) is 9.14. The Labute approximate surface area is 112 Å². The Kier molecular flexibility index (Phi) is 3.19. The molecule has 1 fully saturated rings. The first-order valence-corrected chi connectivity index (χ1v) is 5.98. The molecule has 7 heteroatoms. The topological polar surface area (TPSA) is 38.0 Å². The van der Waals surface area contributed by atoms with Crippen LogP contribution in [0.2, 0.25) is 5.02 Å². The van der Waals surface area contributed by atoms with Gasteiger partial charge in [0.25, 0.3) is 0 Å². The minimum atomic E-state index is -4.29. The van der Waals surface area contributed by atoms with Crippen molar-refractivity contribution in [3.8, 4) is 0 Å². The van der Waals surface area contributed by atoms with Crippen molar-refractivity contribution in [1.29, 1.82) is 0 Å². The molecule has 0 aromatic heterocycles. The smallest absolute Gasteiger partial charge is 0.389 e. The van der Waals surface area contributed by atoms with Crippen LogP contribution in [-0.2, 0) is 0 Å². The summed E-state index contributed by atoms with van der Waals surface area (Å²) in [5, 5.41) is 2.87. The lowest BCUT2D eigenvalue weighted by molar-refractivity contribution is -0.151. The highest BCUT2D eigenvalue weighted by molar-refractivity contribution is 7.80. The molecule has 0 atom stereocenters. The highest BCUT2D eigenvalue weighted by Gasteiger charge is 2.63. The lowest BCUT2D eigenvalue weighted by Crippen LogP contribution is -2.39. The summed E-state index contributed by atoms with van der Waals surface area (Å²) in [7, 11) is 0. The number of alkyl halides is 3. The maximum Gasteiger partial charge on any atom is 0.411 e. The predicted molar refractivity (Wildman–Crippen MR) is 69.0 cm³/mol. The number of benzene rings is 1. The Morgan fingerprint density at radius 3 is 2.44 bits per heavy atom. The number of thiocarbonyl (C=S) groups is 1. The van der Waals surface area contributed by atoms with E-state index in [0.717, 1.165) is 0 Å². The van der Waals surface area contributed by atoms with Crippen LogP contribution in [0.15, 0.2) is 18.2 Å². The maximum atomic E-state index is 12.8. The molecule has 1 saturated carbocycles. The van der Waals surface area contributed by atoms with Gasteiger partial charge in [-0.1, -0.05) is 23.8 Å². The summed E-state index contributed by atoms with van der Waals surface area (Å²) in [4.78, 5) is 0.0120. The molecule has 3 N–H and O–H groups in total. The Balaban J connectivity index is 2.33. The fourth-order valence-electron chi connectivity index (χ4n) is 1.69. The van der Waals surface area contributed by atoms with E-state index in [9.17, 15) is 13.2 Å². The van der Waals surface area contributed by atoms with E-state index >= 15 is 0 Å². The molecule has 0 radical (unpaired) electrons. The van der Waals surface area contributed by atoms with E-state index in [2.05, 4.69) is 5.32 Å². The summed E-state index contributed by atoms with van der Waals surface area (Å²) in [6.45, 7) is 0. The molecule has 18 heavy (non-hydrogen) atoms. The predicted octanol–water partition coefficient (Wildman–Crippen LogP) is 3.48. The summed E-state index contributed by atoms with van der Waals surface area (Å²) in [5.74, 6) is 0. The van der Waals surface area contributed by atoms with Gasteiger partial charge in [0.1, 0.15) is 10.5 Å². The van der Waals surface area contributed by atoms with E-state index in [1.807, 2.05) is 0 Å². The van der Waals surface area contributed by atoms with Gasteiger partial charge >= 0.3 is 6.18 Å². The average molecular weight is 295 g/mol. The summed E-state index contributed by atoms with van der Waals surface area (Å²) in [6.07, 6.45) is -4.19. The second kappa shape index (κ2) is 4.28. The summed E-state index contributed by atoms with van der Waals surface area (Å²) in [5.41, 5.74) is 4.23. The SMILES string of the molecule is NC(=S)c1cc(Cl)ccc1NC1(C(F)(F)F)CC1. The Bertz CT molecular complexity index is 498. The molecule has 1 aliphatic carbocycles. The van der Waals surface area contributed by atoms with Gasteiger partial charge in [-0.25, -0.2) is 0 Å². The molecule has 0 unspecified atom stereocenters. The van der Waals surface area contributed by atoms with Gasteiger partial charge in [0.05, 0.1) is 0 Å². The number of rotatable bonds is 3. The molecule has 0 amide bonds. The zero-order valence-corrected chi connectivity index (χ0v) is 10.7. The van der Waals surface area contributed by atoms with Gasteiger partial charge in [-0.05, 0) is 31.0 Å². The number of nitrogens with one attached hydrogen (secondary N) is 1.